The molecule has 130 valence electrons. The van der Waals surface area contributed by atoms with E-state index in [2.05, 4.69) is 10.6 Å². The van der Waals surface area contributed by atoms with Gasteiger partial charge >= 0.3 is 5.97 Å². The van der Waals surface area contributed by atoms with E-state index in [-0.39, 0.29) is 0 Å². The summed E-state index contributed by atoms with van der Waals surface area (Å²) in [5, 5.41) is 2.65. The summed E-state index contributed by atoms with van der Waals surface area (Å²) in [6.07, 6.45) is 0.491. The molecule has 0 saturated carbocycles. The van der Waals surface area contributed by atoms with Gasteiger partial charge in [-0.2, -0.15) is 0 Å². The largest absolute Gasteiger partial charge is 0.465 e. The molecule has 3 rings (SSSR count). The number of halogens is 3. The fraction of sp³-hybridized carbons (Fsp3) is 0.211. The Morgan fingerprint density at radius 3 is 2.56 bits per heavy atom. The first-order valence-corrected chi connectivity index (χ1v) is 8.76. The summed E-state index contributed by atoms with van der Waals surface area (Å²) in [6, 6.07) is 9.21. The number of aromatic nitrogens is 1. The molecule has 25 heavy (non-hydrogen) atoms. The number of benzene rings is 2. The van der Waals surface area contributed by atoms with Crippen LogP contribution in [0.4, 0.5) is 0 Å². The number of carbonyl (C=O) groups excluding carboxylic acids is 1. The molecule has 0 aliphatic rings. The minimum atomic E-state index is -0.484. The molecular weight excluding hydrogens is 381 g/mol. The first kappa shape index (κ1) is 18.1. The van der Waals surface area contributed by atoms with Gasteiger partial charge < -0.3 is 9.30 Å². The average molecular weight is 397 g/mol. The first-order chi connectivity index (χ1) is 11.8. The highest BCUT2D eigenvalue weighted by atomic mass is 35.5. The highest BCUT2D eigenvalue weighted by Crippen LogP contribution is 2.33. The molecule has 0 spiro atoms. The van der Waals surface area contributed by atoms with Crippen LogP contribution in [-0.4, -0.2) is 17.6 Å². The third-order valence-electron chi connectivity index (χ3n) is 4.38. The molecule has 0 atom stereocenters. The molecule has 0 radical (unpaired) electrons. The van der Waals surface area contributed by atoms with Crippen LogP contribution in [0.15, 0.2) is 30.3 Å². The van der Waals surface area contributed by atoms with Crippen LogP contribution in [0, 0.1) is 6.92 Å². The fourth-order valence-electron chi connectivity index (χ4n) is 3.00. The molecule has 0 aliphatic carbocycles. The summed E-state index contributed by atoms with van der Waals surface area (Å²) in [7, 11) is 3.29. The van der Waals surface area contributed by atoms with Crippen LogP contribution in [0.25, 0.3) is 10.9 Å². The number of rotatable bonds is 3. The van der Waals surface area contributed by atoms with Crippen LogP contribution in [0.1, 0.15) is 27.2 Å². The molecule has 0 bridgehead atoms. The van der Waals surface area contributed by atoms with Gasteiger partial charge in [0.05, 0.1) is 17.7 Å². The number of nitrogens with zero attached hydrogens (tertiary/aromatic N) is 1. The minimum Gasteiger partial charge on any atom is -0.465 e. The summed E-state index contributed by atoms with van der Waals surface area (Å²) in [5.74, 6) is -0.484. The van der Waals surface area contributed by atoms with Gasteiger partial charge in [0.2, 0.25) is 0 Å². The van der Waals surface area contributed by atoms with Crippen molar-refractivity contribution < 1.29 is 9.53 Å². The lowest BCUT2D eigenvalue weighted by molar-refractivity contribution is 0.0601. The molecule has 0 amide bonds. The van der Waals surface area contributed by atoms with Gasteiger partial charge in [-0.1, -0.05) is 34.8 Å². The van der Waals surface area contributed by atoms with Crippen LogP contribution >= 0.6 is 34.8 Å². The van der Waals surface area contributed by atoms with Crippen molar-refractivity contribution in [1.82, 2.24) is 4.57 Å². The van der Waals surface area contributed by atoms with E-state index in [0.29, 0.717) is 32.6 Å². The predicted molar refractivity (Wildman–Crippen MR) is 103 cm³/mol. The number of methoxy groups -OCH3 is 1. The van der Waals surface area contributed by atoms with Crippen molar-refractivity contribution in [2.75, 3.05) is 7.11 Å². The normalized spacial score (nSPS) is 11.1. The summed E-state index contributed by atoms with van der Waals surface area (Å²) in [6.45, 7) is 2.02. The maximum absolute atomic E-state index is 11.9. The highest BCUT2D eigenvalue weighted by Gasteiger charge is 2.18. The van der Waals surface area contributed by atoms with Gasteiger partial charge in [-0.3, -0.25) is 0 Å². The Hall–Kier alpha value is -1.68. The van der Waals surface area contributed by atoms with E-state index in [9.17, 15) is 4.79 Å². The van der Waals surface area contributed by atoms with E-state index in [4.69, 9.17) is 39.5 Å². The van der Waals surface area contributed by atoms with Gasteiger partial charge in [0.25, 0.3) is 0 Å². The SMILES string of the molecule is COC(=O)c1ccc(Cl)c(Cc2cc3c(C)cc(Cl)cc3n2C)c1Cl. The van der Waals surface area contributed by atoms with Crippen molar-refractivity contribution in [3.63, 3.8) is 0 Å². The molecule has 1 aromatic heterocycles. The van der Waals surface area contributed by atoms with Crippen LogP contribution in [0.2, 0.25) is 15.1 Å². The zero-order valence-electron chi connectivity index (χ0n) is 14.0. The van der Waals surface area contributed by atoms with Crippen molar-refractivity contribution in [2.45, 2.75) is 13.3 Å². The number of fused-ring (bicyclic) bond motifs is 1. The van der Waals surface area contributed by atoms with Gasteiger partial charge in [0, 0.05) is 40.1 Å². The van der Waals surface area contributed by atoms with Crippen LogP contribution in [0.5, 0.6) is 0 Å². The number of aryl methyl sites for hydroxylation is 2. The lowest BCUT2D eigenvalue weighted by Crippen LogP contribution is -2.05. The number of carbonyl (C=O) groups is 1. The third kappa shape index (κ3) is 3.24. The van der Waals surface area contributed by atoms with Crippen LogP contribution in [-0.2, 0) is 18.2 Å². The van der Waals surface area contributed by atoms with E-state index >= 15 is 0 Å². The zero-order valence-corrected chi connectivity index (χ0v) is 16.3. The Kier molecular flexibility index (Phi) is 5.01. The molecule has 1 heterocycles. The summed E-state index contributed by atoms with van der Waals surface area (Å²) in [5.41, 5.74) is 4.16. The molecule has 6 heteroatoms. The predicted octanol–water partition coefficient (Wildman–Crippen LogP) is 5.82. The van der Waals surface area contributed by atoms with Crippen molar-refractivity contribution in [2.24, 2.45) is 7.05 Å². The molecule has 3 aromatic rings. The smallest absolute Gasteiger partial charge is 0.339 e. The number of ether oxygens (including phenoxy) is 1. The van der Waals surface area contributed by atoms with Crippen LogP contribution < -0.4 is 0 Å². The number of hydrogen-bond acceptors (Lipinski definition) is 2. The molecule has 0 unspecified atom stereocenters. The lowest BCUT2D eigenvalue weighted by atomic mass is 10.1. The van der Waals surface area contributed by atoms with Gasteiger partial charge in [-0.15, -0.1) is 0 Å². The quantitative estimate of drug-likeness (QED) is 0.522. The second-order valence-corrected chi connectivity index (χ2v) is 7.13. The Morgan fingerprint density at radius 2 is 1.88 bits per heavy atom. The second-order valence-electron chi connectivity index (χ2n) is 5.91. The van der Waals surface area contributed by atoms with Gasteiger partial charge in [-0.25, -0.2) is 4.79 Å². The van der Waals surface area contributed by atoms with E-state index in [0.717, 1.165) is 22.2 Å². The van der Waals surface area contributed by atoms with Gasteiger partial charge in [-0.05, 0) is 48.4 Å². The summed E-state index contributed by atoms with van der Waals surface area (Å²) >= 11 is 18.9. The Balaban J connectivity index is 2.12. The zero-order chi connectivity index (χ0) is 18.3. The minimum absolute atomic E-state index is 0.307. The first-order valence-electron chi connectivity index (χ1n) is 7.63. The Bertz CT molecular complexity index is 992. The molecule has 0 aliphatic heterocycles. The number of hydrogen-bond donors (Lipinski definition) is 0. The van der Waals surface area contributed by atoms with E-state index < -0.39 is 5.97 Å². The van der Waals surface area contributed by atoms with Crippen molar-refractivity contribution in [3.8, 4) is 0 Å². The molecule has 0 saturated heterocycles. The third-order valence-corrected chi connectivity index (χ3v) is 5.39. The summed E-state index contributed by atoms with van der Waals surface area (Å²) < 4.78 is 6.84. The van der Waals surface area contributed by atoms with E-state index in [1.165, 1.54) is 7.11 Å². The van der Waals surface area contributed by atoms with Crippen LogP contribution in [0.3, 0.4) is 0 Å². The molecular formula is C19H16Cl3NO2. The van der Waals surface area contributed by atoms with E-state index in [1.54, 1.807) is 12.1 Å². The van der Waals surface area contributed by atoms with Gasteiger partial charge in [0.15, 0.2) is 0 Å². The second kappa shape index (κ2) is 6.91. The standard InChI is InChI=1S/C19H16Cl3NO2/c1-10-6-11(20)7-17-14(10)8-12(23(17)2)9-15-16(21)5-4-13(18(15)22)19(24)25-3/h4-8H,9H2,1-3H3. The van der Waals surface area contributed by atoms with Crippen molar-refractivity contribution >= 4 is 51.7 Å². The molecule has 2 aromatic carbocycles. The monoisotopic (exact) mass is 395 g/mol. The summed E-state index contributed by atoms with van der Waals surface area (Å²) in [4.78, 5) is 11.9. The molecule has 3 nitrogen and oxygen atoms in total. The number of esters is 1. The average Bonchev–Trinajstić information content (AvgIpc) is 2.88. The topological polar surface area (TPSA) is 31.2 Å². The van der Waals surface area contributed by atoms with Crippen molar-refractivity contribution in [1.29, 1.82) is 0 Å². The molecule has 0 N–H and O–H groups in total. The Morgan fingerprint density at radius 1 is 1.16 bits per heavy atom. The maximum atomic E-state index is 11.9. The van der Waals surface area contributed by atoms with Gasteiger partial charge in [0.1, 0.15) is 0 Å². The lowest BCUT2D eigenvalue weighted by Gasteiger charge is -2.11. The fourth-order valence-corrected chi connectivity index (χ4v) is 3.85. The highest BCUT2D eigenvalue weighted by molar-refractivity contribution is 6.38. The maximum Gasteiger partial charge on any atom is 0.339 e. The Labute approximate surface area is 161 Å². The van der Waals surface area contributed by atoms with Crippen molar-refractivity contribution in [3.05, 3.63) is 67.8 Å². The van der Waals surface area contributed by atoms with E-state index in [1.807, 2.05) is 26.1 Å². The molecule has 0 fully saturated rings.